The Balaban J connectivity index is 2.19. The van der Waals surface area contributed by atoms with Gasteiger partial charge < -0.3 is 10.1 Å². The van der Waals surface area contributed by atoms with Crippen molar-refractivity contribution >= 4 is 35.0 Å². The molecule has 0 radical (unpaired) electrons. The van der Waals surface area contributed by atoms with Crippen LogP contribution < -0.4 is 5.32 Å². The van der Waals surface area contributed by atoms with E-state index in [1.807, 2.05) is 23.8 Å². The third-order valence-electron chi connectivity index (χ3n) is 3.00. The fourth-order valence-electron chi connectivity index (χ4n) is 1.92. The van der Waals surface area contributed by atoms with E-state index in [4.69, 9.17) is 4.74 Å². The molecule has 1 unspecified atom stereocenters. The molecule has 2 rings (SSSR count). The topological polar surface area (TPSA) is 68.3 Å². The van der Waals surface area contributed by atoms with Gasteiger partial charge in [-0.05, 0) is 29.8 Å². The minimum absolute atomic E-state index is 0.0949. The monoisotopic (exact) mass is 336 g/mol. The van der Waals surface area contributed by atoms with E-state index in [1.165, 1.54) is 30.2 Å². The fraction of sp³-hybridized carbons (Fsp3) is 0.267. The molecule has 0 bridgehead atoms. The van der Waals surface area contributed by atoms with E-state index in [1.54, 1.807) is 18.3 Å². The van der Waals surface area contributed by atoms with Crippen LogP contribution in [0.15, 0.2) is 40.9 Å². The Bertz CT molecular complexity index is 644. The molecule has 1 N–H and O–H groups in total. The van der Waals surface area contributed by atoms with Crippen LogP contribution in [0.5, 0.6) is 0 Å². The molecule has 116 valence electrons. The van der Waals surface area contributed by atoms with Crippen LogP contribution in [0.2, 0.25) is 0 Å². The number of nitrogens with zero attached hydrogens (tertiary/aromatic N) is 1. The number of hydrogen-bond donors (Lipinski definition) is 1. The zero-order chi connectivity index (χ0) is 15.9. The van der Waals surface area contributed by atoms with Crippen molar-refractivity contribution in [1.29, 1.82) is 0 Å². The normalized spacial score (nSPS) is 11.7. The lowest BCUT2D eigenvalue weighted by molar-refractivity contribution is -0.141. The zero-order valence-corrected chi connectivity index (χ0v) is 13.9. The number of carbonyl (C=O) groups excluding carboxylic acids is 2. The third-order valence-corrected chi connectivity index (χ3v) is 4.70. The molecule has 5 nitrogen and oxygen atoms in total. The molecule has 0 fully saturated rings. The maximum Gasteiger partial charge on any atom is 0.307 e. The first kappa shape index (κ1) is 16.5. The predicted molar refractivity (Wildman–Crippen MR) is 87.2 cm³/mol. The van der Waals surface area contributed by atoms with Crippen molar-refractivity contribution in [2.45, 2.75) is 17.5 Å². The molecule has 7 heteroatoms. The van der Waals surface area contributed by atoms with Crippen molar-refractivity contribution in [3.05, 3.63) is 46.3 Å². The van der Waals surface area contributed by atoms with Crippen molar-refractivity contribution in [3.63, 3.8) is 0 Å². The highest BCUT2D eigenvalue weighted by Crippen LogP contribution is 2.24. The number of nitrogens with one attached hydrogen (secondary N) is 1. The van der Waals surface area contributed by atoms with Crippen LogP contribution in [0.3, 0.4) is 0 Å². The second-order valence-electron chi connectivity index (χ2n) is 4.38. The summed E-state index contributed by atoms with van der Waals surface area (Å²) >= 11 is 2.89. The minimum atomic E-state index is -0.408. The summed E-state index contributed by atoms with van der Waals surface area (Å²) in [5.41, 5.74) is 0.501. The van der Waals surface area contributed by atoms with Crippen LogP contribution in [0.25, 0.3) is 0 Å². The highest BCUT2D eigenvalue weighted by Gasteiger charge is 2.22. The van der Waals surface area contributed by atoms with Gasteiger partial charge in [-0.1, -0.05) is 6.07 Å². The number of carbonyl (C=O) groups is 2. The average molecular weight is 336 g/mol. The van der Waals surface area contributed by atoms with Gasteiger partial charge in [0.2, 0.25) is 0 Å². The Hall–Kier alpha value is -1.86. The van der Waals surface area contributed by atoms with Crippen molar-refractivity contribution in [2.75, 3.05) is 13.4 Å². The first-order valence-electron chi connectivity index (χ1n) is 6.55. The van der Waals surface area contributed by atoms with Gasteiger partial charge in [0.1, 0.15) is 5.03 Å². The van der Waals surface area contributed by atoms with Crippen LogP contribution in [0, 0.1) is 0 Å². The van der Waals surface area contributed by atoms with Crippen molar-refractivity contribution < 1.29 is 14.3 Å². The lowest BCUT2D eigenvalue weighted by Gasteiger charge is -2.17. The maximum atomic E-state index is 12.5. The van der Waals surface area contributed by atoms with Gasteiger partial charge in [0.05, 0.1) is 25.1 Å². The van der Waals surface area contributed by atoms with Crippen LogP contribution in [0.4, 0.5) is 0 Å². The highest BCUT2D eigenvalue weighted by atomic mass is 32.2. The average Bonchev–Trinajstić information content (AvgIpc) is 3.08. The van der Waals surface area contributed by atoms with Crippen LogP contribution in [-0.2, 0) is 9.53 Å². The molecule has 0 aromatic carbocycles. The predicted octanol–water partition coefficient (Wildman–Crippen LogP) is 2.90. The van der Waals surface area contributed by atoms with Gasteiger partial charge in [-0.25, -0.2) is 4.98 Å². The van der Waals surface area contributed by atoms with E-state index in [2.05, 4.69) is 10.3 Å². The van der Waals surface area contributed by atoms with Gasteiger partial charge >= 0.3 is 5.97 Å². The van der Waals surface area contributed by atoms with Crippen molar-refractivity contribution in [2.24, 2.45) is 0 Å². The Kier molecular flexibility index (Phi) is 5.97. The van der Waals surface area contributed by atoms with Gasteiger partial charge in [0.15, 0.2) is 0 Å². The molecule has 0 aliphatic heterocycles. The molecule has 22 heavy (non-hydrogen) atoms. The number of rotatable bonds is 6. The Morgan fingerprint density at radius 1 is 1.41 bits per heavy atom. The van der Waals surface area contributed by atoms with E-state index in [0.29, 0.717) is 10.6 Å². The quantitative estimate of drug-likeness (QED) is 0.649. The van der Waals surface area contributed by atoms with Gasteiger partial charge in [-0.2, -0.15) is 0 Å². The molecule has 1 amide bonds. The molecule has 2 heterocycles. The summed E-state index contributed by atoms with van der Waals surface area (Å²) in [5, 5.41) is 5.45. The summed E-state index contributed by atoms with van der Waals surface area (Å²) < 4.78 is 4.71. The lowest BCUT2D eigenvalue weighted by atomic mass is 10.1. The molecule has 0 saturated carbocycles. The number of aromatic nitrogens is 1. The minimum Gasteiger partial charge on any atom is -0.469 e. The Morgan fingerprint density at radius 3 is 2.86 bits per heavy atom. The number of amides is 1. The first-order chi connectivity index (χ1) is 10.7. The number of ether oxygens (including phenoxy) is 1. The molecule has 0 aliphatic rings. The van der Waals surface area contributed by atoms with E-state index >= 15 is 0 Å². The van der Waals surface area contributed by atoms with Crippen LogP contribution in [-0.4, -0.2) is 30.2 Å². The number of hydrogen-bond acceptors (Lipinski definition) is 6. The first-order valence-corrected chi connectivity index (χ1v) is 8.66. The summed E-state index contributed by atoms with van der Waals surface area (Å²) in [5.74, 6) is -0.616. The van der Waals surface area contributed by atoms with Crippen LogP contribution >= 0.6 is 23.1 Å². The smallest absolute Gasteiger partial charge is 0.307 e. The summed E-state index contributed by atoms with van der Waals surface area (Å²) in [7, 11) is 1.34. The van der Waals surface area contributed by atoms with Crippen molar-refractivity contribution in [3.8, 4) is 0 Å². The number of thioether (sulfide) groups is 1. The molecular weight excluding hydrogens is 320 g/mol. The number of esters is 1. The summed E-state index contributed by atoms with van der Waals surface area (Å²) in [6.45, 7) is 0. The third kappa shape index (κ3) is 4.08. The second-order valence-corrected chi connectivity index (χ2v) is 6.16. The SMILES string of the molecule is COC(=O)CC(NC(=O)c1cccnc1SC)c1cccs1. The molecule has 1 atom stereocenters. The molecule has 2 aromatic heterocycles. The van der Waals surface area contributed by atoms with E-state index in [0.717, 1.165) is 4.88 Å². The fourth-order valence-corrected chi connectivity index (χ4v) is 3.25. The van der Waals surface area contributed by atoms with Gasteiger partial charge in [-0.3, -0.25) is 9.59 Å². The molecule has 0 saturated heterocycles. The molecule has 0 spiro atoms. The van der Waals surface area contributed by atoms with Crippen molar-refractivity contribution in [1.82, 2.24) is 10.3 Å². The van der Waals surface area contributed by atoms with Gasteiger partial charge in [-0.15, -0.1) is 23.1 Å². The van der Waals surface area contributed by atoms with E-state index in [-0.39, 0.29) is 18.3 Å². The van der Waals surface area contributed by atoms with Crippen LogP contribution in [0.1, 0.15) is 27.7 Å². The Labute approximate surface area is 137 Å². The largest absolute Gasteiger partial charge is 0.469 e. The Morgan fingerprint density at radius 2 is 2.23 bits per heavy atom. The highest BCUT2D eigenvalue weighted by molar-refractivity contribution is 7.98. The molecule has 2 aromatic rings. The number of pyridine rings is 1. The van der Waals surface area contributed by atoms with Gasteiger partial charge in [0.25, 0.3) is 5.91 Å². The standard InChI is InChI=1S/C15H16N2O3S2/c1-20-13(18)9-11(12-6-4-8-22-12)17-14(19)10-5-3-7-16-15(10)21-2/h3-8,11H,9H2,1-2H3,(H,17,19). The second kappa shape index (κ2) is 7.95. The summed E-state index contributed by atoms with van der Waals surface area (Å²) in [6, 6.07) is 6.80. The van der Waals surface area contributed by atoms with Gasteiger partial charge in [0, 0.05) is 11.1 Å². The van der Waals surface area contributed by atoms with E-state index < -0.39 is 6.04 Å². The summed E-state index contributed by atoms with van der Waals surface area (Å²) in [4.78, 5) is 29.2. The van der Waals surface area contributed by atoms with E-state index in [9.17, 15) is 9.59 Å². The number of thiophene rings is 1. The molecule has 0 aliphatic carbocycles. The maximum absolute atomic E-state index is 12.5. The lowest BCUT2D eigenvalue weighted by Crippen LogP contribution is -2.30. The molecular formula is C15H16N2O3S2. The summed E-state index contributed by atoms with van der Waals surface area (Å²) in [6.07, 6.45) is 3.61. The number of methoxy groups -OCH3 is 1. The zero-order valence-electron chi connectivity index (χ0n) is 12.2.